The minimum Gasteiger partial charge on any atom is -0.480 e. The highest BCUT2D eigenvalue weighted by Gasteiger charge is 2.23. The number of benzene rings is 1. The molecule has 0 spiro atoms. The molecule has 0 radical (unpaired) electrons. The number of carbonyl (C=O) groups excluding carboxylic acids is 1. The maximum atomic E-state index is 12.3. The highest BCUT2D eigenvalue weighted by Crippen LogP contribution is 2.21. The van der Waals surface area contributed by atoms with Crippen LogP contribution in [0.5, 0.6) is 0 Å². The molecule has 0 saturated heterocycles. The zero-order chi connectivity index (χ0) is 14.7. The Hall–Kier alpha value is -2.34. The number of carboxylic acids is 1. The van der Waals surface area contributed by atoms with Crippen molar-refractivity contribution in [2.75, 3.05) is 13.7 Å². The minimum atomic E-state index is -1.13. The quantitative estimate of drug-likeness (QED) is 0.767. The van der Waals surface area contributed by atoms with Crippen LogP contribution in [-0.2, 0) is 9.53 Å². The molecule has 0 aliphatic carbocycles. The van der Waals surface area contributed by atoms with Gasteiger partial charge in [-0.1, -0.05) is 18.2 Å². The highest BCUT2D eigenvalue weighted by molar-refractivity contribution is 6.08. The number of nitrogens with one attached hydrogen (secondary N) is 2. The SMILES string of the molecule is COCC(NC(=O)c1c(C)[nH]c2ccccc12)C(=O)O. The molecule has 1 aromatic carbocycles. The van der Waals surface area contributed by atoms with E-state index in [-0.39, 0.29) is 6.61 Å². The van der Waals surface area contributed by atoms with E-state index in [9.17, 15) is 9.59 Å². The number of para-hydroxylation sites is 1. The molecule has 1 atom stereocenters. The molecule has 0 aliphatic heterocycles. The van der Waals surface area contributed by atoms with Gasteiger partial charge < -0.3 is 20.1 Å². The average Bonchev–Trinajstić information content (AvgIpc) is 2.73. The fourth-order valence-electron chi connectivity index (χ4n) is 2.14. The summed E-state index contributed by atoms with van der Waals surface area (Å²) in [5.74, 6) is -1.55. The first-order valence-corrected chi connectivity index (χ1v) is 6.14. The Bertz CT molecular complexity index is 648. The lowest BCUT2D eigenvalue weighted by Crippen LogP contribution is -2.43. The number of aromatic amines is 1. The standard InChI is InChI=1S/C14H16N2O4/c1-8-12(9-5-3-4-6-10(9)15-8)13(17)16-11(7-20-2)14(18)19/h3-6,11,15H,7H2,1-2H3,(H,16,17)(H,18,19). The molecule has 0 saturated carbocycles. The van der Waals surface area contributed by atoms with Gasteiger partial charge in [0.25, 0.3) is 5.91 Å². The normalized spacial score (nSPS) is 12.3. The van der Waals surface area contributed by atoms with Crippen LogP contribution in [0.15, 0.2) is 24.3 Å². The van der Waals surface area contributed by atoms with Crippen molar-refractivity contribution in [2.24, 2.45) is 0 Å². The second-order valence-electron chi connectivity index (χ2n) is 4.49. The summed E-state index contributed by atoms with van der Waals surface area (Å²) in [6.45, 7) is 1.70. The molecular weight excluding hydrogens is 260 g/mol. The van der Waals surface area contributed by atoms with Gasteiger partial charge >= 0.3 is 5.97 Å². The van der Waals surface area contributed by atoms with Crippen molar-refractivity contribution in [1.82, 2.24) is 10.3 Å². The van der Waals surface area contributed by atoms with Gasteiger partial charge in [-0.2, -0.15) is 0 Å². The predicted octanol–water partition coefficient (Wildman–Crippen LogP) is 1.31. The van der Waals surface area contributed by atoms with E-state index in [1.54, 1.807) is 6.92 Å². The maximum absolute atomic E-state index is 12.3. The Morgan fingerprint density at radius 3 is 2.75 bits per heavy atom. The third kappa shape index (κ3) is 2.65. The molecule has 20 heavy (non-hydrogen) atoms. The van der Waals surface area contributed by atoms with E-state index in [4.69, 9.17) is 9.84 Å². The van der Waals surface area contributed by atoms with Crippen LogP contribution in [0.25, 0.3) is 10.9 Å². The molecule has 2 rings (SSSR count). The van der Waals surface area contributed by atoms with Crippen LogP contribution in [-0.4, -0.2) is 41.7 Å². The van der Waals surface area contributed by atoms with E-state index < -0.39 is 17.9 Å². The lowest BCUT2D eigenvalue weighted by molar-refractivity contribution is -0.140. The smallest absolute Gasteiger partial charge is 0.328 e. The summed E-state index contributed by atoms with van der Waals surface area (Å²) >= 11 is 0. The van der Waals surface area contributed by atoms with Gasteiger partial charge in [0.15, 0.2) is 6.04 Å². The minimum absolute atomic E-state index is 0.0809. The number of fused-ring (bicyclic) bond motifs is 1. The van der Waals surface area contributed by atoms with Gasteiger partial charge in [0.1, 0.15) is 0 Å². The number of hydrogen-bond donors (Lipinski definition) is 3. The zero-order valence-corrected chi connectivity index (χ0v) is 11.3. The molecule has 1 unspecified atom stereocenters. The predicted molar refractivity (Wildman–Crippen MR) is 73.8 cm³/mol. The Balaban J connectivity index is 2.31. The van der Waals surface area contributed by atoms with Crippen molar-refractivity contribution in [3.63, 3.8) is 0 Å². The number of hydrogen-bond acceptors (Lipinski definition) is 3. The van der Waals surface area contributed by atoms with E-state index in [1.807, 2.05) is 24.3 Å². The number of rotatable bonds is 5. The summed E-state index contributed by atoms with van der Waals surface area (Å²) in [7, 11) is 1.39. The van der Waals surface area contributed by atoms with Gasteiger partial charge in [-0.3, -0.25) is 4.79 Å². The molecule has 0 fully saturated rings. The second-order valence-corrected chi connectivity index (χ2v) is 4.49. The molecular formula is C14H16N2O4. The van der Waals surface area contributed by atoms with Crippen molar-refractivity contribution in [3.05, 3.63) is 35.5 Å². The van der Waals surface area contributed by atoms with Crippen LogP contribution >= 0.6 is 0 Å². The van der Waals surface area contributed by atoms with E-state index in [2.05, 4.69) is 10.3 Å². The third-order valence-electron chi connectivity index (χ3n) is 3.06. The lowest BCUT2D eigenvalue weighted by atomic mass is 10.1. The van der Waals surface area contributed by atoms with Crippen LogP contribution in [0.3, 0.4) is 0 Å². The third-order valence-corrected chi connectivity index (χ3v) is 3.06. The van der Waals surface area contributed by atoms with Gasteiger partial charge in [-0.15, -0.1) is 0 Å². The van der Waals surface area contributed by atoms with Crippen molar-refractivity contribution in [3.8, 4) is 0 Å². The number of methoxy groups -OCH3 is 1. The molecule has 1 amide bonds. The van der Waals surface area contributed by atoms with E-state index >= 15 is 0 Å². The number of aryl methyl sites for hydroxylation is 1. The van der Waals surface area contributed by atoms with E-state index in [0.717, 1.165) is 10.9 Å². The number of H-pyrrole nitrogens is 1. The van der Waals surface area contributed by atoms with Crippen molar-refractivity contribution in [1.29, 1.82) is 0 Å². The molecule has 6 nitrogen and oxygen atoms in total. The number of carbonyl (C=O) groups is 2. The summed E-state index contributed by atoms with van der Waals surface area (Å²) in [6, 6.07) is 6.31. The van der Waals surface area contributed by atoms with Gasteiger partial charge in [-0.05, 0) is 13.0 Å². The van der Waals surface area contributed by atoms with Crippen LogP contribution in [0.4, 0.5) is 0 Å². The average molecular weight is 276 g/mol. The second kappa shape index (κ2) is 5.75. The topological polar surface area (TPSA) is 91.4 Å². The van der Waals surface area contributed by atoms with Gasteiger partial charge in [0, 0.05) is 23.7 Å². The van der Waals surface area contributed by atoms with Crippen LogP contribution < -0.4 is 5.32 Å². The number of carboxylic acid groups (broad SMARTS) is 1. The Morgan fingerprint density at radius 2 is 2.10 bits per heavy atom. The monoisotopic (exact) mass is 276 g/mol. The van der Waals surface area contributed by atoms with Gasteiger partial charge in [-0.25, -0.2) is 4.79 Å². The fraction of sp³-hybridized carbons (Fsp3) is 0.286. The molecule has 3 N–H and O–H groups in total. The molecule has 106 valence electrons. The number of amides is 1. The Kier molecular flexibility index (Phi) is 4.05. The molecule has 2 aromatic rings. The van der Waals surface area contributed by atoms with Crippen molar-refractivity contribution >= 4 is 22.8 Å². The molecule has 0 bridgehead atoms. The summed E-state index contributed by atoms with van der Waals surface area (Å²) in [5.41, 5.74) is 2.00. The lowest BCUT2D eigenvalue weighted by Gasteiger charge is -2.13. The largest absolute Gasteiger partial charge is 0.480 e. The summed E-state index contributed by atoms with van der Waals surface area (Å²) in [5, 5.41) is 12.3. The first-order chi connectivity index (χ1) is 9.54. The fourth-order valence-corrected chi connectivity index (χ4v) is 2.14. The van der Waals surface area contributed by atoms with Crippen molar-refractivity contribution < 1.29 is 19.4 Å². The van der Waals surface area contributed by atoms with Gasteiger partial charge in [0.05, 0.1) is 12.2 Å². The molecule has 1 heterocycles. The van der Waals surface area contributed by atoms with E-state index in [0.29, 0.717) is 11.3 Å². The summed E-state index contributed by atoms with van der Waals surface area (Å²) in [6.07, 6.45) is 0. The Labute approximate surface area is 115 Å². The first-order valence-electron chi connectivity index (χ1n) is 6.14. The molecule has 6 heteroatoms. The summed E-state index contributed by atoms with van der Waals surface area (Å²) < 4.78 is 4.80. The first kappa shape index (κ1) is 14.1. The number of ether oxygens (including phenoxy) is 1. The Morgan fingerprint density at radius 1 is 1.40 bits per heavy atom. The maximum Gasteiger partial charge on any atom is 0.328 e. The molecule has 0 aliphatic rings. The zero-order valence-electron chi connectivity index (χ0n) is 11.3. The van der Waals surface area contributed by atoms with Crippen LogP contribution in [0, 0.1) is 6.92 Å². The van der Waals surface area contributed by atoms with E-state index in [1.165, 1.54) is 7.11 Å². The molecule has 1 aromatic heterocycles. The number of aromatic nitrogens is 1. The highest BCUT2D eigenvalue weighted by atomic mass is 16.5. The number of aliphatic carboxylic acids is 1. The van der Waals surface area contributed by atoms with Crippen LogP contribution in [0.1, 0.15) is 16.1 Å². The van der Waals surface area contributed by atoms with Crippen molar-refractivity contribution in [2.45, 2.75) is 13.0 Å². The summed E-state index contributed by atoms with van der Waals surface area (Å²) in [4.78, 5) is 26.4. The van der Waals surface area contributed by atoms with Crippen LogP contribution in [0.2, 0.25) is 0 Å². The van der Waals surface area contributed by atoms with Gasteiger partial charge in [0.2, 0.25) is 0 Å².